The molecule has 7 nitrogen and oxygen atoms in total. The Kier molecular flexibility index (Phi) is 7.16. The maximum Gasteiger partial charge on any atom is 0.323 e. The molecule has 0 unspecified atom stereocenters. The Morgan fingerprint density at radius 1 is 1.10 bits per heavy atom. The van der Waals surface area contributed by atoms with Crippen molar-refractivity contribution in [3.63, 3.8) is 0 Å². The van der Waals surface area contributed by atoms with Crippen molar-refractivity contribution in [3.8, 4) is 11.5 Å². The lowest BCUT2D eigenvalue weighted by Gasteiger charge is -2.34. The minimum Gasteiger partial charge on any atom is -0.508 e. The summed E-state index contributed by atoms with van der Waals surface area (Å²) in [7, 11) is 0. The highest BCUT2D eigenvalue weighted by Gasteiger charge is 2.29. The Morgan fingerprint density at radius 2 is 1.69 bits per heavy atom. The van der Waals surface area contributed by atoms with Crippen molar-refractivity contribution in [2.75, 3.05) is 13.1 Å². The van der Waals surface area contributed by atoms with E-state index in [4.69, 9.17) is 4.74 Å². The third-order valence-corrected chi connectivity index (χ3v) is 5.03. The highest BCUT2D eigenvalue weighted by atomic mass is 16.6. The number of carbonyl (C=O) groups is 2. The van der Waals surface area contributed by atoms with Crippen LogP contribution in [0.4, 0.5) is 0 Å². The molecule has 1 atom stereocenters. The van der Waals surface area contributed by atoms with Crippen molar-refractivity contribution in [1.82, 2.24) is 10.2 Å². The van der Waals surface area contributed by atoms with Crippen LogP contribution >= 0.6 is 0 Å². The summed E-state index contributed by atoms with van der Waals surface area (Å²) in [6, 6.07) is 2.50. The Hall–Kier alpha value is -2.28. The van der Waals surface area contributed by atoms with Crippen LogP contribution in [0.1, 0.15) is 76.2 Å². The molecule has 162 valence electrons. The second-order valence-electron chi connectivity index (χ2n) is 9.07. The number of amides is 1. The van der Waals surface area contributed by atoms with E-state index in [0.29, 0.717) is 31.5 Å². The van der Waals surface area contributed by atoms with E-state index >= 15 is 0 Å². The second-order valence-corrected chi connectivity index (χ2v) is 9.07. The summed E-state index contributed by atoms with van der Waals surface area (Å²) in [6.45, 7) is 12.2. The van der Waals surface area contributed by atoms with Crippen LogP contribution < -0.4 is 5.32 Å². The summed E-state index contributed by atoms with van der Waals surface area (Å²) in [4.78, 5) is 26.7. The zero-order chi connectivity index (χ0) is 21.9. The molecule has 1 aliphatic heterocycles. The van der Waals surface area contributed by atoms with Gasteiger partial charge in [-0.05, 0) is 58.1 Å². The number of carbonyl (C=O) groups excluding carboxylic acids is 2. The van der Waals surface area contributed by atoms with Crippen molar-refractivity contribution in [2.24, 2.45) is 0 Å². The van der Waals surface area contributed by atoms with Crippen LogP contribution in [0, 0.1) is 0 Å². The average Bonchev–Trinajstić information content (AvgIpc) is 2.60. The van der Waals surface area contributed by atoms with E-state index in [9.17, 15) is 19.8 Å². The van der Waals surface area contributed by atoms with E-state index < -0.39 is 11.6 Å². The normalized spacial score (nSPS) is 16.7. The molecular formula is C22H34N2O5. The second kappa shape index (κ2) is 9.03. The van der Waals surface area contributed by atoms with Crippen LogP contribution in [-0.4, -0.2) is 57.8 Å². The number of piperidine rings is 1. The molecule has 1 aliphatic rings. The first kappa shape index (κ1) is 23.0. The van der Waals surface area contributed by atoms with Gasteiger partial charge in [0.2, 0.25) is 0 Å². The van der Waals surface area contributed by atoms with Crippen LogP contribution in [-0.2, 0) is 9.53 Å². The number of likely N-dealkylation sites (tertiary alicyclic amines) is 1. The Bertz CT molecular complexity index is 746. The van der Waals surface area contributed by atoms with Gasteiger partial charge in [0.05, 0.1) is 5.56 Å². The molecule has 2 rings (SSSR count). The molecule has 1 aromatic rings. The molecule has 1 fully saturated rings. The first-order chi connectivity index (χ1) is 13.4. The van der Waals surface area contributed by atoms with E-state index in [1.807, 2.05) is 34.6 Å². The molecule has 1 amide bonds. The fourth-order valence-electron chi connectivity index (χ4n) is 3.46. The molecule has 0 aromatic heterocycles. The summed E-state index contributed by atoms with van der Waals surface area (Å²) in [5.41, 5.74) is 0.318. The minimum atomic E-state index is -0.524. The number of phenolic OH excluding ortho intramolecular Hbond substituents is 2. The van der Waals surface area contributed by atoms with Crippen LogP contribution in [0.25, 0.3) is 0 Å². The lowest BCUT2D eigenvalue weighted by Crippen LogP contribution is -2.50. The molecule has 3 N–H and O–H groups in total. The van der Waals surface area contributed by atoms with Crippen molar-refractivity contribution in [2.45, 2.75) is 78.0 Å². The van der Waals surface area contributed by atoms with E-state index in [2.05, 4.69) is 5.32 Å². The largest absolute Gasteiger partial charge is 0.508 e. The molecule has 7 heteroatoms. The highest BCUT2D eigenvalue weighted by Crippen LogP contribution is 2.33. The maximum absolute atomic E-state index is 12.9. The van der Waals surface area contributed by atoms with Crippen LogP contribution in [0.15, 0.2) is 12.1 Å². The summed E-state index contributed by atoms with van der Waals surface area (Å²) in [5, 5.41) is 23.4. The molecule has 1 saturated heterocycles. The van der Waals surface area contributed by atoms with Crippen LogP contribution in [0.2, 0.25) is 0 Å². The molecule has 0 spiro atoms. The number of phenols is 2. The number of ether oxygens (including phenoxy) is 1. The number of aromatic hydroxyl groups is 2. The molecule has 0 aliphatic carbocycles. The van der Waals surface area contributed by atoms with Gasteiger partial charge in [-0.25, -0.2) is 0 Å². The van der Waals surface area contributed by atoms with Crippen molar-refractivity contribution < 1.29 is 24.5 Å². The van der Waals surface area contributed by atoms with E-state index in [-0.39, 0.29) is 40.9 Å². The number of hydrogen-bond acceptors (Lipinski definition) is 6. The summed E-state index contributed by atoms with van der Waals surface area (Å²) in [5.74, 6) is -0.718. The lowest BCUT2D eigenvalue weighted by atomic mass is 9.97. The van der Waals surface area contributed by atoms with Crippen molar-refractivity contribution in [3.05, 3.63) is 23.3 Å². The monoisotopic (exact) mass is 406 g/mol. The average molecular weight is 407 g/mol. The number of hydrogen-bond donors (Lipinski definition) is 3. The number of nitrogens with one attached hydrogen (secondary N) is 1. The topological polar surface area (TPSA) is 99.1 Å². The summed E-state index contributed by atoms with van der Waals surface area (Å²) < 4.78 is 5.40. The first-order valence-corrected chi connectivity index (χ1v) is 10.2. The molecule has 29 heavy (non-hydrogen) atoms. The standard InChI is InChI=1S/C22H34N2O5/c1-13(2)16-11-17(19(26)12-18(16)25)20(27)24-9-7-15(8-10-24)23-14(3)21(28)29-22(4,5)6/h11-15,23,25-26H,7-10H2,1-6H3/t14-/m0/s1. The summed E-state index contributed by atoms with van der Waals surface area (Å²) in [6.07, 6.45) is 1.41. The number of benzene rings is 1. The van der Waals surface area contributed by atoms with Gasteiger partial charge in [0.25, 0.3) is 5.91 Å². The minimum absolute atomic E-state index is 0.00640. The Labute approximate surface area is 173 Å². The van der Waals surface area contributed by atoms with Crippen molar-refractivity contribution in [1.29, 1.82) is 0 Å². The molecule has 0 saturated carbocycles. The van der Waals surface area contributed by atoms with Gasteiger partial charge in [-0.15, -0.1) is 0 Å². The fourth-order valence-corrected chi connectivity index (χ4v) is 3.46. The van der Waals surface area contributed by atoms with Crippen molar-refractivity contribution >= 4 is 11.9 Å². The van der Waals surface area contributed by atoms with E-state index in [1.165, 1.54) is 6.07 Å². The molecule has 0 radical (unpaired) electrons. The highest BCUT2D eigenvalue weighted by molar-refractivity contribution is 5.97. The molecule has 0 bridgehead atoms. The van der Waals surface area contributed by atoms with E-state index in [1.54, 1.807) is 17.9 Å². The third-order valence-electron chi connectivity index (χ3n) is 5.03. The molecular weight excluding hydrogens is 372 g/mol. The molecule has 1 aromatic carbocycles. The quantitative estimate of drug-likeness (QED) is 0.650. The first-order valence-electron chi connectivity index (χ1n) is 10.2. The van der Waals surface area contributed by atoms with Gasteiger partial charge in [-0.1, -0.05) is 13.8 Å². The zero-order valence-corrected chi connectivity index (χ0v) is 18.3. The number of esters is 1. The van der Waals surface area contributed by atoms with Gasteiger partial charge in [0.15, 0.2) is 0 Å². The zero-order valence-electron chi connectivity index (χ0n) is 18.3. The number of rotatable bonds is 5. The Balaban J connectivity index is 1.96. The maximum atomic E-state index is 12.9. The van der Waals surface area contributed by atoms with Crippen LogP contribution in [0.5, 0.6) is 11.5 Å². The van der Waals surface area contributed by atoms with Gasteiger partial charge in [0, 0.05) is 25.2 Å². The molecule has 1 heterocycles. The predicted molar refractivity (Wildman–Crippen MR) is 111 cm³/mol. The SMILES string of the molecule is CC(C)c1cc(C(=O)N2CCC(N[C@@H](C)C(=O)OC(C)(C)C)CC2)c(O)cc1O. The Morgan fingerprint density at radius 3 is 2.21 bits per heavy atom. The number of nitrogens with zero attached hydrogens (tertiary/aromatic N) is 1. The summed E-state index contributed by atoms with van der Waals surface area (Å²) >= 11 is 0. The fraction of sp³-hybridized carbons (Fsp3) is 0.636. The lowest BCUT2D eigenvalue weighted by molar-refractivity contribution is -0.157. The smallest absolute Gasteiger partial charge is 0.323 e. The van der Waals surface area contributed by atoms with Gasteiger partial charge in [-0.2, -0.15) is 0 Å². The third kappa shape index (κ3) is 6.10. The van der Waals surface area contributed by atoms with Gasteiger partial charge in [0.1, 0.15) is 23.1 Å². The predicted octanol–water partition coefficient (Wildman–Crippen LogP) is 3.15. The van der Waals surface area contributed by atoms with Crippen LogP contribution in [0.3, 0.4) is 0 Å². The van der Waals surface area contributed by atoms with Gasteiger partial charge in [-0.3, -0.25) is 9.59 Å². The van der Waals surface area contributed by atoms with Gasteiger partial charge >= 0.3 is 5.97 Å². The van der Waals surface area contributed by atoms with Gasteiger partial charge < -0.3 is 25.2 Å². The van der Waals surface area contributed by atoms with E-state index in [0.717, 1.165) is 0 Å².